The first-order valence-corrected chi connectivity index (χ1v) is 14.8. The van der Waals surface area contributed by atoms with Crippen LogP contribution < -0.4 is 9.44 Å². The molecule has 20 heteroatoms. The number of halogens is 6. The van der Waals surface area contributed by atoms with Crippen LogP contribution in [-0.4, -0.2) is 46.4 Å². The summed E-state index contributed by atoms with van der Waals surface area (Å²) in [6.07, 6.45) is -7.54. The van der Waals surface area contributed by atoms with Gasteiger partial charge in [0.1, 0.15) is 21.4 Å². The molecule has 2 N–H and O–H groups in total. The summed E-state index contributed by atoms with van der Waals surface area (Å²) >= 11 is 0. The van der Waals surface area contributed by atoms with Gasteiger partial charge in [0.2, 0.25) is 0 Å². The molecule has 0 radical (unpaired) electrons. The van der Waals surface area contributed by atoms with Gasteiger partial charge in [0.15, 0.2) is 23.0 Å². The molecule has 0 amide bonds. The highest BCUT2D eigenvalue weighted by atomic mass is 32.2. The monoisotopic (exact) mass is 658 g/mol. The van der Waals surface area contributed by atoms with Gasteiger partial charge >= 0.3 is 12.4 Å². The van der Waals surface area contributed by atoms with E-state index in [2.05, 4.69) is 20.2 Å². The maximum absolute atomic E-state index is 13.5. The number of pyridine rings is 2. The van der Waals surface area contributed by atoms with Crippen LogP contribution in [0.15, 0.2) is 95.0 Å². The number of sulfonamides is 2. The highest BCUT2D eigenvalue weighted by Crippen LogP contribution is 2.34. The number of benzene rings is 1. The Kier molecular flexibility index (Phi) is 7.58. The van der Waals surface area contributed by atoms with Crippen LogP contribution >= 0.6 is 0 Å². The summed E-state index contributed by atoms with van der Waals surface area (Å²) in [7, 11) is -10.0. The van der Waals surface area contributed by atoms with Crippen LogP contribution in [0.5, 0.6) is 0 Å². The van der Waals surface area contributed by atoms with Gasteiger partial charge in [-0.15, -0.1) is 0 Å². The van der Waals surface area contributed by atoms with E-state index in [9.17, 15) is 43.2 Å². The average molecular weight is 659 g/mol. The Bertz CT molecular complexity index is 1880. The molecule has 5 rings (SSSR count). The summed E-state index contributed by atoms with van der Waals surface area (Å²) in [5, 5.41) is 6.76. The van der Waals surface area contributed by atoms with E-state index in [1.165, 1.54) is 48.8 Å². The zero-order valence-electron chi connectivity index (χ0n) is 21.5. The number of alkyl halides is 6. The van der Waals surface area contributed by atoms with E-state index < -0.39 is 65.2 Å². The molecule has 0 aliphatic heterocycles. The van der Waals surface area contributed by atoms with Crippen molar-refractivity contribution >= 4 is 31.7 Å². The van der Waals surface area contributed by atoms with Crippen molar-refractivity contribution in [3.63, 3.8) is 0 Å². The Labute approximate surface area is 244 Å². The summed E-state index contributed by atoms with van der Waals surface area (Å²) in [4.78, 5) is 5.83. The van der Waals surface area contributed by atoms with Crippen molar-refractivity contribution in [2.45, 2.75) is 22.1 Å². The number of aromatic nitrogens is 6. The highest BCUT2D eigenvalue weighted by Gasteiger charge is 2.38. The van der Waals surface area contributed by atoms with Crippen molar-refractivity contribution in [1.29, 1.82) is 0 Å². The number of nitrogens with zero attached hydrogens (tertiary/aromatic N) is 6. The smallest absolute Gasteiger partial charge is 0.263 e. The molecule has 44 heavy (non-hydrogen) atoms. The molecule has 12 nitrogen and oxygen atoms in total. The number of hydrogen-bond acceptors (Lipinski definition) is 8. The number of rotatable bonds is 8. The summed E-state index contributed by atoms with van der Waals surface area (Å²) in [6, 6.07) is 12.9. The molecule has 230 valence electrons. The predicted octanol–water partition coefficient (Wildman–Crippen LogP) is 4.49. The molecule has 4 aromatic heterocycles. The van der Waals surface area contributed by atoms with Gasteiger partial charge in [-0.1, -0.05) is 24.3 Å². The minimum Gasteiger partial charge on any atom is -0.263 e. The molecule has 0 bridgehead atoms. The molecular weight excluding hydrogens is 642 g/mol. The van der Waals surface area contributed by atoms with E-state index in [0.29, 0.717) is 21.5 Å². The van der Waals surface area contributed by atoms with Crippen molar-refractivity contribution in [2.75, 3.05) is 9.44 Å². The average Bonchev–Trinajstić information content (AvgIpc) is 3.58. The number of anilines is 2. The van der Waals surface area contributed by atoms with Crippen molar-refractivity contribution in [3.8, 4) is 11.6 Å². The second-order valence-electron chi connectivity index (χ2n) is 8.68. The standard InChI is InChI=1S/C24H16F6N8O4S2/c25-23(26,27)17-13-21(37(33-17)19-9-3-5-11-31-19)35-43(39,40)15-7-1-2-8-16(15)44(41,42)36-22-14-18(24(28,29)30)34-38(22)20-10-4-6-12-32-20/h1-14,35-36H. The third-order valence-corrected chi connectivity index (χ3v) is 8.59. The van der Waals surface area contributed by atoms with E-state index in [4.69, 9.17) is 0 Å². The van der Waals surface area contributed by atoms with Crippen LogP contribution in [0.3, 0.4) is 0 Å². The summed E-state index contributed by atoms with van der Waals surface area (Å²) in [5.74, 6) is -1.88. The fraction of sp³-hybridized carbons (Fsp3) is 0.0833. The van der Waals surface area contributed by atoms with Crippen molar-refractivity contribution < 1.29 is 43.2 Å². The van der Waals surface area contributed by atoms with Crippen LogP contribution in [0.2, 0.25) is 0 Å². The zero-order chi connectivity index (χ0) is 31.9. The first-order chi connectivity index (χ1) is 20.6. The maximum atomic E-state index is 13.5. The normalized spacial score (nSPS) is 12.7. The fourth-order valence-corrected chi connectivity index (χ4v) is 6.67. The van der Waals surface area contributed by atoms with Gasteiger partial charge in [-0.3, -0.25) is 9.44 Å². The first kappa shape index (κ1) is 30.5. The molecule has 0 atom stereocenters. The van der Waals surface area contributed by atoms with E-state index >= 15 is 0 Å². The van der Waals surface area contributed by atoms with Crippen LogP contribution in [-0.2, 0) is 32.4 Å². The molecule has 4 heterocycles. The molecule has 0 spiro atoms. The van der Waals surface area contributed by atoms with Crippen LogP contribution in [0, 0.1) is 0 Å². The molecule has 5 aromatic rings. The fourth-order valence-electron chi connectivity index (χ4n) is 3.77. The van der Waals surface area contributed by atoms with Gasteiger partial charge in [-0.2, -0.15) is 45.9 Å². The summed E-state index contributed by atoms with van der Waals surface area (Å²) < 4.78 is 140. The Morgan fingerprint density at radius 1 is 0.568 bits per heavy atom. The second-order valence-corrected chi connectivity index (χ2v) is 12.0. The van der Waals surface area contributed by atoms with E-state index in [0.717, 1.165) is 24.3 Å². The Hall–Kier alpha value is -4.98. The van der Waals surface area contributed by atoms with Gasteiger partial charge in [-0.25, -0.2) is 26.8 Å². The van der Waals surface area contributed by atoms with Gasteiger partial charge in [0.25, 0.3) is 20.0 Å². The maximum Gasteiger partial charge on any atom is 0.435 e. The lowest BCUT2D eigenvalue weighted by molar-refractivity contribution is -0.142. The number of hydrogen-bond donors (Lipinski definition) is 2. The predicted molar refractivity (Wildman–Crippen MR) is 141 cm³/mol. The first-order valence-electron chi connectivity index (χ1n) is 11.9. The molecule has 0 aliphatic carbocycles. The van der Waals surface area contributed by atoms with Crippen LogP contribution in [0.4, 0.5) is 38.0 Å². The number of nitrogens with one attached hydrogen (secondary N) is 2. The lowest BCUT2D eigenvalue weighted by Crippen LogP contribution is -2.22. The van der Waals surface area contributed by atoms with Crippen molar-refractivity contribution in [1.82, 2.24) is 29.5 Å². The SMILES string of the molecule is O=S(=O)(Nc1cc(C(F)(F)F)nn1-c1ccccn1)c1ccccc1S(=O)(=O)Nc1cc(C(F)(F)F)nn1-c1ccccn1. The van der Waals surface area contributed by atoms with E-state index in [-0.39, 0.29) is 11.6 Å². The molecular formula is C24H16F6N8O4S2. The van der Waals surface area contributed by atoms with E-state index in [1.807, 2.05) is 9.44 Å². The van der Waals surface area contributed by atoms with Gasteiger partial charge in [0.05, 0.1) is 0 Å². The second kappa shape index (κ2) is 10.9. The summed E-state index contributed by atoms with van der Waals surface area (Å²) in [5.41, 5.74) is -2.96. The van der Waals surface area contributed by atoms with Gasteiger partial charge < -0.3 is 0 Å². The highest BCUT2D eigenvalue weighted by molar-refractivity contribution is 7.95. The molecule has 0 unspecified atom stereocenters. The lowest BCUT2D eigenvalue weighted by atomic mass is 10.4. The van der Waals surface area contributed by atoms with E-state index in [1.54, 1.807) is 0 Å². The molecule has 0 fully saturated rings. The third kappa shape index (κ3) is 6.20. The molecule has 1 aromatic carbocycles. The minimum absolute atomic E-state index is 0.202. The summed E-state index contributed by atoms with van der Waals surface area (Å²) in [6.45, 7) is 0. The Balaban J connectivity index is 1.56. The Morgan fingerprint density at radius 3 is 1.25 bits per heavy atom. The zero-order valence-corrected chi connectivity index (χ0v) is 23.1. The quantitative estimate of drug-likeness (QED) is 0.231. The topological polar surface area (TPSA) is 154 Å². The van der Waals surface area contributed by atoms with Gasteiger partial charge in [-0.05, 0) is 36.4 Å². The minimum atomic E-state index is -5.00. The van der Waals surface area contributed by atoms with Crippen molar-refractivity contribution in [3.05, 3.63) is 96.6 Å². The van der Waals surface area contributed by atoms with Crippen LogP contribution in [0.25, 0.3) is 11.6 Å². The van der Waals surface area contributed by atoms with Crippen LogP contribution in [0.1, 0.15) is 11.4 Å². The molecule has 0 saturated carbocycles. The molecule has 0 saturated heterocycles. The lowest BCUT2D eigenvalue weighted by Gasteiger charge is -2.15. The Morgan fingerprint density at radius 2 is 0.932 bits per heavy atom. The largest absolute Gasteiger partial charge is 0.435 e. The van der Waals surface area contributed by atoms with Crippen molar-refractivity contribution in [2.24, 2.45) is 0 Å². The van der Waals surface area contributed by atoms with Gasteiger partial charge in [0, 0.05) is 24.5 Å². The molecule has 0 aliphatic rings. The third-order valence-electron chi connectivity index (χ3n) is 5.64.